The van der Waals surface area contributed by atoms with Crippen molar-refractivity contribution in [1.29, 1.82) is 0 Å². The Kier molecular flexibility index (Phi) is 6.96. The summed E-state index contributed by atoms with van der Waals surface area (Å²) in [7, 11) is -1.41. The van der Waals surface area contributed by atoms with Gasteiger partial charge in [-0.1, -0.05) is 17.7 Å². The normalized spacial score (nSPS) is 11.7. The summed E-state index contributed by atoms with van der Waals surface area (Å²) in [5.74, 6) is 0.704. The lowest BCUT2D eigenvalue weighted by Gasteiger charge is -2.13. The Hall–Kier alpha value is -4.09. The van der Waals surface area contributed by atoms with Gasteiger partial charge in [-0.2, -0.15) is 0 Å². The molecule has 3 aromatic heterocycles. The van der Waals surface area contributed by atoms with E-state index >= 15 is 0 Å². The molecule has 5 aromatic rings. The molecule has 0 spiro atoms. The SMILES string of the molecule is Cn1ccc2c(Oc3ccc(Nc4ncnc5ccn(CCNC(=O)CS(C)(=O)=O)c45)cc3Cl)cccc21. The molecular formula is C26H25ClN6O4S. The molecule has 38 heavy (non-hydrogen) atoms. The number of aromatic nitrogens is 4. The smallest absolute Gasteiger partial charge is 0.235 e. The Balaban J connectivity index is 1.32. The number of sulfone groups is 1. The lowest BCUT2D eigenvalue weighted by Crippen LogP contribution is -2.32. The van der Waals surface area contributed by atoms with Gasteiger partial charge >= 0.3 is 0 Å². The Morgan fingerprint density at radius 1 is 1.08 bits per heavy atom. The highest BCUT2D eigenvalue weighted by molar-refractivity contribution is 7.91. The average molecular weight is 553 g/mol. The molecule has 0 atom stereocenters. The van der Waals surface area contributed by atoms with Crippen molar-refractivity contribution < 1.29 is 17.9 Å². The maximum absolute atomic E-state index is 11.8. The predicted molar refractivity (Wildman–Crippen MR) is 148 cm³/mol. The standard InChI is InChI=1S/C26H25ClN6O4S/c1-32-11-8-18-21(32)4-3-5-22(18)37-23-7-6-17(14-19(23)27)31-26-25-20(29-16-30-26)9-12-33(25)13-10-28-24(34)15-38(2,35)36/h3-9,11-12,14,16H,10,13,15H2,1-2H3,(H,28,34)(H,29,30,31). The van der Waals surface area contributed by atoms with Crippen LogP contribution in [-0.2, 0) is 28.2 Å². The first-order valence-corrected chi connectivity index (χ1v) is 14.1. The minimum absolute atomic E-state index is 0.249. The number of carbonyl (C=O) groups excluding carboxylic acids is 1. The molecular weight excluding hydrogens is 528 g/mol. The lowest BCUT2D eigenvalue weighted by atomic mass is 10.2. The summed E-state index contributed by atoms with van der Waals surface area (Å²) in [6.07, 6.45) is 6.30. The number of rotatable bonds is 9. The molecule has 10 nitrogen and oxygen atoms in total. The van der Waals surface area contributed by atoms with Gasteiger partial charge in [0.15, 0.2) is 15.7 Å². The molecule has 0 aliphatic carbocycles. The van der Waals surface area contributed by atoms with Gasteiger partial charge in [0.2, 0.25) is 5.91 Å². The zero-order valence-corrected chi connectivity index (χ0v) is 22.3. The molecule has 0 unspecified atom stereocenters. The molecule has 0 radical (unpaired) electrons. The van der Waals surface area contributed by atoms with Gasteiger partial charge in [-0.05, 0) is 42.5 Å². The van der Waals surface area contributed by atoms with Gasteiger partial charge in [0, 0.05) is 49.9 Å². The Labute approximate surface area is 224 Å². The molecule has 0 aliphatic heterocycles. The van der Waals surface area contributed by atoms with Crippen LogP contribution in [0, 0.1) is 0 Å². The molecule has 3 heterocycles. The number of aryl methyl sites for hydroxylation is 1. The first kappa shape index (κ1) is 25.6. The highest BCUT2D eigenvalue weighted by atomic mass is 35.5. The fraction of sp³-hybridized carbons (Fsp3) is 0.192. The molecule has 196 valence electrons. The van der Waals surface area contributed by atoms with Gasteiger partial charge in [-0.3, -0.25) is 4.79 Å². The van der Waals surface area contributed by atoms with E-state index in [9.17, 15) is 13.2 Å². The second-order valence-corrected chi connectivity index (χ2v) is 11.4. The fourth-order valence-corrected chi connectivity index (χ4v) is 4.99. The molecule has 12 heteroatoms. The highest BCUT2D eigenvalue weighted by Gasteiger charge is 2.14. The van der Waals surface area contributed by atoms with E-state index < -0.39 is 21.5 Å². The van der Waals surface area contributed by atoms with Gasteiger partial charge in [0.05, 0.1) is 16.1 Å². The van der Waals surface area contributed by atoms with Gasteiger partial charge in [0.25, 0.3) is 0 Å². The van der Waals surface area contributed by atoms with E-state index in [0.29, 0.717) is 40.1 Å². The van der Waals surface area contributed by atoms with Crippen LogP contribution in [-0.4, -0.2) is 52.0 Å². The van der Waals surface area contributed by atoms with E-state index in [1.165, 1.54) is 6.33 Å². The molecule has 1 amide bonds. The van der Waals surface area contributed by atoms with Crippen LogP contribution in [0.4, 0.5) is 11.5 Å². The van der Waals surface area contributed by atoms with Crippen molar-refractivity contribution in [1.82, 2.24) is 24.4 Å². The van der Waals surface area contributed by atoms with E-state index in [-0.39, 0.29) is 6.54 Å². The zero-order valence-electron chi connectivity index (χ0n) is 20.7. The number of hydrogen-bond donors (Lipinski definition) is 2. The minimum Gasteiger partial charge on any atom is -0.455 e. The zero-order chi connectivity index (χ0) is 26.9. The summed E-state index contributed by atoms with van der Waals surface area (Å²) < 4.78 is 32.7. The van der Waals surface area contributed by atoms with Crippen LogP contribution in [0.3, 0.4) is 0 Å². The van der Waals surface area contributed by atoms with Crippen molar-refractivity contribution in [3.05, 3.63) is 72.3 Å². The minimum atomic E-state index is -3.39. The summed E-state index contributed by atoms with van der Waals surface area (Å²) in [6, 6.07) is 15.1. The third-order valence-electron chi connectivity index (χ3n) is 5.92. The van der Waals surface area contributed by atoms with Crippen molar-refractivity contribution in [3.63, 3.8) is 0 Å². The van der Waals surface area contributed by atoms with Crippen molar-refractivity contribution in [3.8, 4) is 11.5 Å². The molecule has 0 aliphatic rings. The van der Waals surface area contributed by atoms with E-state index in [1.54, 1.807) is 12.1 Å². The van der Waals surface area contributed by atoms with Crippen molar-refractivity contribution >= 4 is 60.8 Å². The first-order valence-electron chi connectivity index (χ1n) is 11.7. The maximum atomic E-state index is 11.8. The summed E-state index contributed by atoms with van der Waals surface area (Å²) in [5.41, 5.74) is 3.21. The number of hydrogen-bond acceptors (Lipinski definition) is 7. The first-order chi connectivity index (χ1) is 18.2. The Bertz CT molecular complexity index is 1760. The summed E-state index contributed by atoms with van der Waals surface area (Å²) in [4.78, 5) is 20.5. The van der Waals surface area contributed by atoms with Crippen molar-refractivity contribution in [2.75, 3.05) is 23.9 Å². The number of carbonyl (C=O) groups is 1. The van der Waals surface area contributed by atoms with E-state index in [1.807, 2.05) is 65.0 Å². The van der Waals surface area contributed by atoms with Crippen LogP contribution in [0.15, 0.2) is 67.3 Å². The number of halogens is 1. The molecule has 2 aromatic carbocycles. The van der Waals surface area contributed by atoms with Crippen LogP contribution in [0.5, 0.6) is 11.5 Å². The van der Waals surface area contributed by atoms with Crippen LogP contribution in [0.25, 0.3) is 21.9 Å². The Morgan fingerprint density at radius 3 is 2.71 bits per heavy atom. The van der Waals surface area contributed by atoms with Crippen LogP contribution in [0.2, 0.25) is 5.02 Å². The number of nitrogens with one attached hydrogen (secondary N) is 2. The summed E-state index contributed by atoms with van der Waals surface area (Å²) >= 11 is 6.58. The molecule has 0 saturated heterocycles. The van der Waals surface area contributed by atoms with E-state index in [0.717, 1.165) is 22.7 Å². The fourth-order valence-electron chi connectivity index (χ4n) is 4.20. The van der Waals surface area contributed by atoms with Crippen LogP contribution in [0.1, 0.15) is 0 Å². The number of anilines is 2. The van der Waals surface area contributed by atoms with E-state index in [2.05, 4.69) is 20.6 Å². The Morgan fingerprint density at radius 2 is 1.92 bits per heavy atom. The second-order valence-electron chi connectivity index (χ2n) is 8.87. The van der Waals surface area contributed by atoms with Crippen LogP contribution < -0.4 is 15.4 Å². The van der Waals surface area contributed by atoms with Crippen molar-refractivity contribution in [2.24, 2.45) is 7.05 Å². The van der Waals surface area contributed by atoms with Crippen LogP contribution >= 0.6 is 11.6 Å². The monoisotopic (exact) mass is 552 g/mol. The molecule has 5 rings (SSSR count). The number of amides is 1. The predicted octanol–water partition coefficient (Wildman–Crippen LogP) is 4.27. The average Bonchev–Trinajstić information content (AvgIpc) is 3.44. The summed E-state index contributed by atoms with van der Waals surface area (Å²) in [6.45, 7) is 0.651. The third kappa shape index (κ3) is 5.58. The highest BCUT2D eigenvalue weighted by Crippen LogP contribution is 2.36. The molecule has 0 fully saturated rings. The molecule has 0 saturated carbocycles. The topological polar surface area (TPSA) is 120 Å². The third-order valence-corrected chi connectivity index (χ3v) is 7.00. The lowest BCUT2D eigenvalue weighted by molar-refractivity contribution is -0.118. The largest absolute Gasteiger partial charge is 0.455 e. The molecule has 2 N–H and O–H groups in total. The number of ether oxygens (including phenoxy) is 1. The summed E-state index contributed by atoms with van der Waals surface area (Å²) in [5, 5.41) is 7.33. The number of benzene rings is 2. The van der Waals surface area contributed by atoms with Crippen molar-refractivity contribution in [2.45, 2.75) is 6.54 Å². The maximum Gasteiger partial charge on any atom is 0.235 e. The van der Waals surface area contributed by atoms with Gasteiger partial charge in [-0.15, -0.1) is 0 Å². The van der Waals surface area contributed by atoms with Gasteiger partial charge in [-0.25, -0.2) is 18.4 Å². The quantitative estimate of drug-likeness (QED) is 0.280. The van der Waals surface area contributed by atoms with Gasteiger partial charge in [0.1, 0.15) is 29.1 Å². The second kappa shape index (κ2) is 10.3. The number of fused-ring (bicyclic) bond motifs is 2. The molecule has 0 bridgehead atoms. The van der Waals surface area contributed by atoms with Gasteiger partial charge < -0.3 is 24.5 Å². The van der Waals surface area contributed by atoms with E-state index in [4.69, 9.17) is 16.3 Å². The number of nitrogens with zero attached hydrogens (tertiary/aromatic N) is 4.